The Hall–Kier alpha value is -4.62. The van der Waals surface area contributed by atoms with Gasteiger partial charge in [-0.1, -0.05) is 40.2 Å². The van der Waals surface area contributed by atoms with Crippen molar-refractivity contribution in [1.29, 1.82) is 5.26 Å². The first-order valence-corrected chi connectivity index (χ1v) is 13.8. The van der Waals surface area contributed by atoms with Crippen molar-refractivity contribution in [3.63, 3.8) is 0 Å². The van der Waals surface area contributed by atoms with Gasteiger partial charge in [-0.25, -0.2) is 9.37 Å². The van der Waals surface area contributed by atoms with Gasteiger partial charge in [0.15, 0.2) is 11.6 Å². The summed E-state index contributed by atoms with van der Waals surface area (Å²) < 4.78 is 22.4. The second-order valence-electron chi connectivity index (χ2n) is 9.77. The van der Waals surface area contributed by atoms with Gasteiger partial charge in [0.2, 0.25) is 0 Å². The van der Waals surface area contributed by atoms with E-state index in [2.05, 4.69) is 27.0 Å². The Morgan fingerprint density at radius 2 is 2.02 bits per heavy atom. The number of aromatic nitrogens is 2. The molecule has 0 saturated carbocycles. The number of imidazole rings is 1. The first kappa shape index (κ1) is 26.6. The van der Waals surface area contributed by atoms with Crippen LogP contribution < -0.4 is 9.64 Å². The third-order valence-electron chi connectivity index (χ3n) is 7.27. The first-order chi connectivity index (χ1) is 20.0. The molecule has 0 bridgehead atoms. The summed E-state index contributed by atoms with van der Waals surface area (Å²) in [4.78, 5) is 29.8. The molecule has 41 heavy (non-hydrogen) atoms. The molecular formula is C31H24BrFN6O2. The van der Waals surface area contributed by atoms with Crippen molar-refractivity contribution in [2.75, 3.05) is 18.6 Å². The number of carbonyl (C=O) groups excluding carboxylic acids is 1. The van der Waals surface area contributed by atoms with Gasteiger partial charge >= 0.3 is 0 Å². The lowest BCUT2D eigenvalue weighted by atomic mass is 10.0. The van der Waals surface area contributed by atoms with E-state index in [4.69, 9.17) is 14.7 Å². The Bertz CT molecular complexity index is 1770. The number of halogens is 2. The van der Waals surface area contributed by atoms with E-state index in [1.807, 2.05) is 45.9 Å². The smallest absolute Gasteiger partial charge is 0.163 e. The number of hydrogen-bond acceptors (Lipinski definition) is 7. The third-order valence-corrected chi connectivity index (χ3v) is 7.96. The molecule has 3 heterocycles. The van der Waals surface area contributed by atoms with Gasteiger partial charge < -0.3 is 14.2 Å². The van der Waals surface area contributed by atoms with E-state index in [-0.39, 0.29) is 31.1 Å². The van der Waals surface area contributed by atoms with Crippen molar-refractivity contribution in [3.8, 4) is 11.8 Å². The van der Waals surface area contributed by atoms with Crippen molar-refractivity contribution >= 4 is 38.9 Å². The second kappa shape index (κ2) is 11.1. The molecule has 0 spiro atoms. The van der Waals surface area contributed by atoms with Crippen LogP contribution in [0.2, 0.25) is 0 Å². The van der Waals surface area contributed by atoms with Crippen LogP contribution in [0.25, 0.3) is 0 Å². The highest BCUT2D eigenvalue weighted by atomic mass is 79.9. The molecule has 3 aromatic carbocycles. The summed E-state index contributed by atoms with van der Waals surface area (Å²) in [6.45, 7) is 0.984. The maximum atomic E-state index is 14.3. The summed E-state index contributed by atoms with van der Waals surface area (Å²) in [5.74, 6) is 0.703. The molecule has 1 unspecified atom stereocenters. The average molecular weight is 611 g/mol. The monoisotopic (exact) mass is 610 g/mol. The number of methoxy groups -OCH3 is 1. The van der Waals surface area contributed by atoms with E-state index in [0.717, 1.165) is 27.0 Å². The van der Waals surface area contributed by atoms with Crippen LogP contribution in [0, 0.1) is 17.1 Å². The molecule has 0 radical (unpaired) electrons. The molecule has 0 N–H and O–H groups in total. The molecule has 204 valence electrons. The van der Waals surface area contributed by atoms with Gasteiger partial charge in [-0.15, -0.1) is 0 Å². The highest BCUT2D eigenvalue weighted by Crippen LogP contribution is 2.33. The molecular weight excluding hydrogens is 587 g/mol. The molecule has 0 fully saturated rings. The number of carbonyl (C=O) groups is 1. The number of amidine groups is 1. The fraction of sp³-hybridized carbons (Fsp3) is 0.194. The molecule has 0 amide bonds. The Morgan fingerprint density at radius 3 is 2.83 bits per heavy atom. The Labute approximate surface area is 244 Å². The van der Waals surface area contributed by atoms with E-state index in [9.17, 15) is 14.4 Å². The second-order valence-corrected chi connectivity index (χ2v) is 10.6. The maximum Gasteiger partial charge on any atom is 0.163 e. The SMILES string of the molecule is COc1cc(Cn2cncc2CC(=O)C2CN=C3C(c4ccccc4Br)=NCc4cc(F)ccc4N32)ccc1C#N. The highest BCUT2D eigenvalue weighted by molar-refractivity contribution is 9.10. The van der Waals surface area contributed by atoms with Crippen LogP contribution in [0.5, 0.6) is 5.75 Å². The van der Waals surface area contributed by atoms with Crippen LogP contribution in [0.1, 0.15) is 27.9 Å². The molecule has 0 aliphatic carbocycles. The maximum absolute atomic E-state index is 14.3. The summed E-state index contributed by atoms with van der Waals surface area (Å²) in [7, 11) is 1.53. The van der Waals surface area contributed by atoms with E-state index >= 15 is 0 Å². The Morgan fingerprint density at radius 1 is 1.17 bits per heavy atom. The largest absolute Gasteiger partial charge is 0.495 e. The highest BCUT2D eigenvalue weighted by Gasteiger charge is 2.39. The predicted octanol–water partition coefficient (Wildman–Crippen LogP) is 5.12. The summed E-state index contributed by atoms with van der Waals surface area (Å²) in [5.41, 5.74) is 5.05. The molecule has 8 nitrogen and oxygen atoms in total. The number of Topliss-reactive ketones (excluding diaryl/α,β-unsaturated/α-hetero) is 1. The number of aliphatic imine (C=N–C) groups is 2. The van der Waals surface area contributed by atoms with Gasteiger partial charge in [-0.3, -0.25) is 14.8 Å². The van der Waals surface area contributed by atoms with Gasteiger partial charge in [-0.2, -0.15) is 5.26 Å². The van der Waals surface area contributed by atoms with E-state index in [1.165, 1.54) is 19.2 Å². The van der Waals surface area contributed by atoms with Gasteiger partial charge in [-0.05, 0) is 42.0 Å². The molecule has 6 rings (SSSR count). The Kier molecular flexibility index (Phi) is 7.20. The third kappa shape index (κ3) is 5.05. The van der Waals surface area contributed by atoms with Crippen molar-refractivity contribution < 1.29 is 13.9 Å². The fourth-order valence-corrected chi connectivity index (χ4v) is 5.73. The van der Waals surface area contributed by atoms with Crippen LogP contribution >= 0.6 is 15.9 Å². The number of ether oxygens (including phenoxy) is 1. The van der Waals surface area contributed by atoms with Crippen LogP contribution in [0.3, 0.4) is 0 Å². The van der Waals surface area contributed by atoms with Crippen LogP contribution in [-0.4, -0.2) is 46.6 Å². The number of hydrogen-bond donors (Lipinski definition) is 0. The van der Waals surface area contributed by atoms with E-state index < -0.39 is 6.04 Å². The van der Waals surface area contributed by atoms with Crippen molar-refractivity contribution in [2.24, 2.45) is 9.98 Å². The molecule has 4 aromatic rings. The summed E-state index contributed by atoms with van der Waals surface area (Å²) >= 11 is 3.62. The minimum atomic E-state index is -0.585. The molecule has 0 saturated heterocycles. The predicted molar refractivity (Wildman–Crippen MR) is 157 cm³/mol. The summed E-state index contributed by atoms with van der Waals surface area (Å²) in [6, 6.07) is 19.2. The van der Waals surface area contributed by atoms with Gasteiger partial charge in [0, 0.05) is 39.7 Å². The Balaban J connectivity index is 1.30. The number of nitrogens with zero attached hydrogens (tertiary/aromatic N) is 6. The molecule has 2 aliphatic rings. The van der Waals surface area contributed by atoms with Crippen molar-refractivity contribution in [3.05, 3.63) is 111 Å². The fourth-order valence-electron chi connectivity index (χ4n) is 5.26. The zero-order valence-electron chi connectivity index (χ0n) is 22.1. The van der Waals surface area contributed by atoms with E-state index in [0.29, 0.717) is 35.0 Å². The number of anilines is 1. The van der Waals surface area contributed by atoms with Crippen LogP contribution in [0.15, 0.2) is 87.6 Å². The molecule has 10 heteroatoms. The number of fused-ring (bicyclic) bond motifs is 3. The van der Waals surface area contributed by atoms with E-state index in [1.54, 1.807) is 24.7 Å². The normalized spacial score (nSPS) is 15.8. The standard InChI is InChI=1S/C31H24BrFN6O2/c1-41-29-10-19(6-7-20(29)13-34)17-38-18-35-15-23(38)12-28(40)27-16-37-31-30(24-4-2-3-5-25(24)32)36-14-21-11-22(33)8-9-26(21)39(27)31/h2-11,15,18,27H,12,14,16-17H2,1H3. The topological polar surface area (TPSA) is 95.9 Å². The first-order valence-electron chi connectivity index (χ1n) is 13.0. The van der Waals surface area contributed by atoms with Crippen molar-refractivity contribution in [2.45, 2.75) is 25.6 Å². The number of nitriles is 1. The van der Waals surface area contributed by atoms with Crippen LogP contribution in [0.4, 0.5) is 10.1 Å². The average Bonchev–Trinajstić information content (AvgIpc) is 3.57. The van der Waals surface area contributed by atoms with Crippen molar-refractivity contribution in [1.82, 2.24) is 9.55 Å². The van der Waals surface area contributed by atoms with Gasteiger partial charge in [0.25, 0.3) is 0 Å². The molecule has 1 atom stereocenters. The van der Waals surface area contributed by atoms with Gasteiger partial charge in [0.05, 0.1) is 38.5 Å². The number of rotatable bonds is 7. The minimum absolute atomic E-state index is 0.0356. The van der Waals surface area contributed by atoms with Crippen LogP contribution in [-0.2, 0) is 24.3 Å². The molecule has 1 aromatic heterocycles. The lowest BCUT2D eigenvalue weighted by Gasteiger charge is -2.28. The number of benzene rings is 3. The minimum Gasteiger partial charge on any atom is -0.495 e. The molecule has 2 aliphatic heterocycles. The summed E-state index contributed by atoms with van der Waals surface area (Å²) in [6.07, 6.45) is 3.51. The van der Waals surface area contributed by atoms with Gasteiger partial charge in [0.1, 0.15) is 29.4 Å². The number of ketones is 1. The zero-order valence-corrected chi connectivity index (χ0v) is 23.7. The lowest BCUT2D eigenvalue weighted by molar-refractivity contribution is -0.119. The zero-order chi connectivity index (χ0) is 28.5. The summed E-state index contributed by atoms with van der Waals surface area (Å²) in [5, 5.41) is 9.29. The lowest BCUT2D eigenvalue weighted by Crippen LogP contribution is -2.45. The quantitative estimate of drug-likeness (QED) is 0.289.